The van der Waals surface area contributed by atoms with Crippen LogP contribution in [0.5, 0.6) is 0 Å². The third-order valence-electron chi connectivity index (χ3n) is 3.90. The van der Waals surface area contributed by atoms with Crippen LogP contribution < -0.4 is 10.2 Å². The number of carbonyl (C=O) groups excluding carboxylic acids is 1. The van der Waals surface area contributed by atoms with Crippen molar-refractivity contribution in [1.82, 2.24) is 0 Å². The van der Waals surface area contributed by atoms with Crippen LogP contribution in [-0.4, -0.2) is 25.0 Å². The van der Waals surface area contributed by atoms with E-state index in [2.05, 4.69) is 17.4 Å². The van der Waals surface area contributed by atoms with E-state index in [0.29, 0.717) is 0 Å². The highest BCUT2D eigenvalue weighted by Crippen LogP contribution is 2.16. The number of amides is 1. The molecule has 1 saturated heterocycles. The molecule has 1 heterocycles. The first-order valence-corrected chi connectivity index (χ1v) is 6.80. The number of likely N-dealkylation sites (tertiary alicyclic amines) is 1. The van der Waals surface area contributed by atoms with Gasteiger partial charge >= 0.3 is 0 Å². The second-order valence-corrected chi connectivity index (χ2v) is 5.39. The first-order valence-electron chi connectivity index (χ1n) is 6.80. The Hall–Kier alpha value is -1.35. The molecule has 1 aliphatic heterocycles. The molecule has 18 heavy (non-hydrogen) atoms. The van der Waals surface area contributed by atoms with E-state index < -0.39 is 0 Å². The molecule has 0 aromatic heterocycles. The summed E-state index contributed by atoms with van der Waals surface area (Å²) in [5.74, 6) is 0.139. The molecular formula is C15H23N2O+. The maximum atomic E-state index is 12.2. The Bertz CT molecular complexity index is 436. The van der Waals surface area contributed by atoms with Crippen LogP contribution in [0.25, 0.3) is 0 Å². The molecule has 1 aromatic carbocycles. The number of rotatable bonds is 3. The van der Waals surface area contributed by atoms with Gasteiger partial charge in [-0.2, -0.15) is 0 Å². The van der Waals surface area contributed by atoms with Crippen LogP contribution in [0.15, 0.2) is 18.2 Å². The zero-order valence-electron chi connectivity index (χ0n) is 11.5. The highest BCUT2D eigenvalue weighted by Gasteiger charge is 2.27. The van der Waals surface area contributed by atoms with E-state index in [1.165, 1.54) is 23.3 Å². The highest BCUT2D eigenvalue weighted by atomic mass is 16.2. The molecule has 3 heteroatoms. The Balaban J connectivity index is 2.03. The molecule has 1 aromatic rings. The first kappa shape index (κ1) is 13.1. The molecule has 0 saturated carbocycles. The standard InChI is InChI=1S/C15H22N2O/c1-11-6-7-12(2)14(10-11)16-15(18)13(3)17-8-4-5-9-17/h6-7,10,13H,4-5,8-9H2,1-3H3,(H,16,18)/p+1/t13-/m0/s1. The van der Waals surface area contributed by atoms with Gasteiger partial charge in [0.1, 0.15) is 0 Å². The summed E-state index contributed by atoms with van der Waals surface area (Å²) in [6, 6.07) is 6.21. The van der Waals surface area contributed by atoms with Crippen molar-refractivity contribution in [2.45, 2.75) is 39.7 Å². The predicted octanol–water partition coefficient (Wildman–Crippen LogP) is 1.31. The van der Waals surface area contributed by atoms with Gasteiger partial charge in [0.2, 0.25) is 0 Å². The van der Waals surface area contributed by atoms with Crippen molar-refractivity contribution >= 4 is 11.6 Å². The molecule has 0 bridgehead atoms. The maximum Gasteiger partial charge on any atom is 0.282 e. The fourth-order valence-electron chi connectivity index (χ4n) is 2.56. The number of benzene rings is 1. The van der Waals surface area contributed by atoms with Crippen LogP contribution >= 0.6 is 0 Å². The van der Waals surface area contributed by atoms with Gasteiger partial charge in [-0.15, -0.1) is 0 Å². The first-order chi connectivity index (χ1) is 8.58. The predicted molar refractivity (Wildman–Crippen MR) is 73.9 cm³/mol. The van der Waals surface area contributed by atoms with Gasteiger partial charge in [-0.1, -0.05) is 12.1 Å². The molecule has 1 atom stereocenters. The van der Waals surface area contributed by atoms with Crippen molar-refractivity contribution in [3.05, 3.63) is 29.3 Å². The topological polar surface area (TPSA) is 33.5 Å². The molecule has 0 radical (unpaired) electrons. The minimum absolute atomic E-state index is 0.0485. The number of quaternary nitrogens is 1. The fraction of sp³-hybridized carbons (Fsp3) is 0.533. The van der Waals surface area contributed by atoms with Crippen LogP contribution in [-0.2, 0) is 4.79 Å². The van der Waals surface area contributed by atoms with E-state index in [4.69, 9.17) is 0 Å². The number of anilines is 1. The van der Waals surface area contributed by atoms with Crippen LogP contribution in [0.1, 0.15) is 30.9 Å². The van der Waals surface area contributed by atoms with Gasteiger partial charge in [0.25, 0.3) is 5.91 Å². The quantitative estimate of drug-likeness (QED) is 0.829. The molecule has 98 valence electrons. The van der Waals surface area contributed by atoms with Crippen molar-refractivity contribution in [1.29, 1.82) is 0 Å². The molecule has 0 unspecified atom stereocenters. The molecule has 1 aliphatic rings. The molecule has 0 spiro atoms. The lowest BCUT2D eigenvalue weighted by molar-refractivity contribution is -0.901. The van der Waals surface area contributed by atoms with E-state index in [1.54, 1.807) is 0 Å². The minimum atomic E-state index is 0.0485. The summed E-state index contributed by atoms with van der Waals surface area (Å²) in [5.41, 5.74) is 3.25. The zero-order valence-corrected chi connectivity index (χ0v) is 11.5. The lowest BCUT2D eigenvalue weighted by Gasteiger charge is -2.20. The Morgan fingerprint density at radius 3 is 2.61 bits per heavy atom. The normalized spacial score (nSPS) is 17.7. The van der Waals surface area contributed by atoms with Gasteiger partial charge in [-0.05, 0) is 38.0 Å². The Morgan fingerprint density at radius 1 is 1.28 bits per heavy atom. The van der Waals surface area contributed by atoms with E-state index in [1.807, 2.05) is 26.8 Å². The molecule has 1 fully saturated rings. The van der Waals surface area contributed by atoms with E-state index in [-0.39, 0.29) is 11.9 Å². The Kier molecular flexibility index (Phi) is 4.02. The van der Waals surface area contributed by atoms with E-state index in [9.17, 15) is 4.79 Å². The molecule has 0 aliphatic carbocycles. The number of aryl methyl sites for hydroxylation is 2. The van der Waals surface area contributed by atoms with E-state index in [0.717, 1.165) is 24.3 Å². The summed E-state index contributed by atoms with van der Waals surface area (Å²) in [6.07, 6.45) is 2.49. The Morgan fingerprint density at radius 2 is 1.94 bits per heavy atom. The van der Waals surface area contributed by atoms with Crippen molar-refractivity contribution in [2.24, 2.45) is 0 Å². The van der Waals surface area contributed by atoms with Crippen molar-refractivity contribution in [3.8, 4) is 0 Å². The number of nitrogens with one attached hydrogen (secondary N) is 2. The molecule has 1 amide bonds. The lowest BCUT2D eigenvalue weighted by Crippen LogP contribution is -3.14. The molecule has 2 rings (SSSR count). The van der Waals surface area contributed by atoms with Crippen LogP contribution in [0.4, 0.5) is 5.69 Å². The third-order valence-corrected chi connectivity index (χ3v) is 3.90. The summed E-state index contributed by atoms with van der Waals surface area (Å²) in [5, 5.41) is 3.07. The largest absolute Gasteiger partial charge is 0.325 e. The lowest BCUT2D eigenvalue weighted by atomic mass is 10.1. The van der Waals surface area contributed by atoms with Gasteiger partial charge in [0.05, 0.1) is 13.1 Å². The summed E-state index contributed by atoms with van der Waals surface area (Å²) in [6.45, 7) is 8.36. The van der Waals surface area contributed by atoms with Gasteiger partial charge in [-0.3, -0.25) is 4.79 Å². The second-order valence-electron chi connectivity index (χ2n) is 5.39. The highest BCUT2D eigenvalue weighted by molar-refractivity contribution is 5.94. The number of hydrogen-bond donors (Lipinski definition) is 2. The van der Waals surface area contributed by atoms with Gasteiger partial charge in [0.15, 0.2) is 6.04 Å². The summed E-state index contributed by atoms with van der Waals surface area (Å²) in [7, 11) is 0. The van der Waals surface area contributed by atoms with Gasteiger partial charge < -0.3 is 10.2 Å². The van der Waals surface area contributed by atoms with Crippen LogP contribution in [0, 0.1) is 13.8 Å². The van der Waals surface area contributed by atoms with Crippen molar-refractivity contribution < 1.29 is 9.69 Å². The number of carbonyl (C=O) groups is 1. The zero-order chi connectivity index (χ0) is 13.1. The number of hydrogen-bond acceptors (Lipinski definition) is 1. The molecule has 3 nitrogen and oxygen atoms in total. The minimum Gasteiger partial charge on any atom is -0.325 e. The average molecular weight is 247 g/mol. The van der Waals surface area contributed by atoms with E-state index >= 15 is 0 Å². The average Bonchev–Trinajstić information content (AvgIpc) is 2.86. The van der Waals surface area contributed by atoms with Crippen LogP contribution in [0.2, 0.25) is 0 Å². The monoisotopic (exact) mass is 247 g/mol. The van der Waals surface area contributed by atoms with Crippen molar-refractivity contribution in [3.63, 3.8) is 0 Å². The molecule has 2 N–H and O–H groups in total. The third kappa shape index (κ3) is 2.91. The summed E-state index contributed by atoms with van der Waals surface area (Å²) >= 11 is 0. The maximum absolute atomic E-state index is 12.2. The molecular weight excluding hydrogens is 224 g/mol. The SMILES string of the molecule is Cc1ccc(C)c(NC(=O)[C@H](C)[NH+]2CCCC2)c1. The van der Waals surface area contributed by atoms with Gasteiger partial charge in [-0.25, -0.2) is 0 Å². The van der Waals surface area contributed by atoms with Crippen LogP contribution in [0.3, 0.4) is 0 Å². The smallest absolute Gasteiger partial charge is 0.282 e. The second kappa shape index (κ2) is 5.53. The summed E-state index contributed by atoms with van der Waals surface area (Å²) < 4.78 is 0. The summed E-state index contributed by atoms with van der Waals surface area (Å²) in [4.78, 5) is 13.6. The fourth-order valence-corrected chi connectivity index (χ4v) is 2.56. The Labute approximate surface area is 109 Å². The van der Waals surface area contributed by atoms with Crippen molar-refractivity contribution in [2.75, 3.05) is 18.4 Å². The van der Waals surface area contributed by atoms with Gasteiger partial charge in [0, 0.05) is 18.5 Å².